The van der Waals surface area contributed by atoms with Crippen LogP contribution in [0.15, 0.2) is 42.5 Å². The van der Waals surface area contributed by atoms with E-state index >= 15 is 0 Å². The van der Waals surface area contributed by atoms with E-state index in [1.165, 1.54) is 0 Å². The van der Waals surface area contributed by atoms with Crippen molar-refractivity contribution in [1.29, 1.82) is 0 Å². The third-order valence-corrected chi connectivity index (χ3v) is 3.17. The Bertz CT molecular complexity index is 655. The van der Waals surface area contributed by atoms with Gasteiger partial charge < -0.3 is 19.5 Å². The van der Waals surface area contributed by atoms with Gasteiger partial charge in [-0.05, 0) is 30.3 Å². The molecule has 0 bridgehead atoms. The molecule has 0 spiro atoms. The molecule has 0 saturated carbocycles. The fourth-order valence-electron chi connectivity index (χ4n) is 2.09. The van der Waals surface area contributed by atoms with Crippen LogP contribution in [0.1, 0.15) is 15.9 Å². The fraction of sp³-hybridized carbons (Fsp3) is 0.235. The van der Waals surface area contributed by atoms with E-state index in [1.807, 2.05) is 12.1 Å². The number of carbonyl (C=O) groups is 1. The Balaban J connectivity index is 2.19. The van der Waals surface area contributed by atoms with Crippen molar-refractivity contribution in [3.8, 4) is 11.5 Å². The smallest absolute Gasteiger partial charge is 0.255 e. The van der Waals surface area contributed by atoms with Gasteiger partial charge in [0, 0.05) is 30.0 Å². The number of benzene rings is 2. The maximum atomic E-state index is 12.3. The molecule has 116 valence electrons. The zero-order valence-electron chi connectivity index (χ0n) is 12.9. The van der Waals surface area contributed by atoms with Crippen molar-refractivity contribution < 1.29 is 19.0 Å². The molecule has 1 amide bonds. The number of methoxy groups -OCH3 is 3. The number of ether oxygens (including phenoxy) is 3. The highest BCUT2D eigenvalue weighted by molar-refractivity contribution is 6.04. The van der Waals surface area contributed by atoms with Gasteiger partial charge in [0.15, 0.2) is 0 Å². The van der Waals surface area contributed by atoms with Crippen LogP contribution >= 0.6 is 0 Å². The summed E-state index contributed by atoms with van der Waals surface area (Å²) in [6, 6.07) is 12.4. The van der Waals surface area contributed by atoms with Crippen molar-refractivity contribution in [2.75, 3.05) is 26.6 Å². The second-order valence-corrected chi connectivity index (χ2v) is 4.65. The number of hydrogen-bond acceptors (Lipinski definition) is 4. The molecule has 2 rings (SSSR count). The molecule has 0 saturated heterocycles. The van der Waals surface area contributed by atoms with Crippen molar-refractivity contribution in [3.63, 3.8) is 0 Å². The van der Waals surface area contributed by atoms with Gasteiger partial charge in [-0.15, -0.1) is 0 Å². The summed E-state index contributed by atoms with van der Waals surface area (Å²) < 4.78 is 15.5. The van der Waals surface area contributed by atoms with E-state index in [4.69, 9.17) is 14.2 Å². The third kappa shape index (κ3) is 3.77. The molecular weight excluding hydrogens is 282 g/mol. The van der Waals surface area contributed by atoms with Crippen LogP contribution in [0.4, 0.5) is 5.69 Å². The van der Waals surface area contributed by atoms with Gasteiger partial charge in [0.2, 0.25) is 0 Å². The maximum Gasteiger partial charge on any atom is 0.255 e. The van der Waals surface area contributed by atoms with Crippen molar-refractivity contribution in [3.05, 3.63) is 53.6 Å². The molecule has 2 aromatic carbocycles. The molecule has 0 heterocycles. The summed E-state index contributed by atoms with van der Waals surface area (Å²) in [5.41, 5.74) is 2.03. The number of amides is 1. The van der Waals surface area contributed by atoms with Gasteiger partial charge in [-0.1, -0.05) is 6.07 Å². The maximum absolute atomic E-state index is 12.3. The normalized spacial score (nSPS) is 10.1. The molecule has 2 aromatic rings. The second-order valence-electron chi connectivity index (χ2n) is 4.65. The van der Waals surface area contributed by atoms with Gasteiger partial charge in [0.25, 0.3) is 5.91 Å². The van der Waals surface area contributed by atoms with Gasteiger partial charge >= 0.3 is 0 Å². The summed E-state index contributed by atoms with van der Waals surface area (Å²) in [7, 11) is 4.77. The summed E-state index contributed by atoms with van der Waals surface area (Å²) >= 11 is 0. The van der Waals surface area contributed by atoms with E-state index in [1.54, 1.807) is 51.7 Å². The van der Waals surface area contributed by atoms with Crippen LogP contribution < -0.4 is 14.8 Å². The Morgan fingerprint density at radius 2 is 1.86 bits per heavy atom. The summed E-state index contributed by atoms with van der Waals surface area (Å²) in [6.07, 6.45) is 0. The van der Waals surface area contributed by atoms with Crippen LogP contribution in [0.2, 0.25) is 0 Å². The zero-order chi connectivity index (χ0) is 15.9. The number of carbonyl (C=O) groups excluding carboxylic acids is 1. The molecule has 5 heteroatoms. The van der Waals surface area contributed by atoms with Gasteiger partial charge in [-0.3, -0.25) is 4.79 Å². The average Bonchev–Trinajstić information content (AvgIpc) is 2.55. The van der Waals surface area contributed by atoms with Gasteiger partial charge in [0.05, 0.1) is 20.8 Å². The minimum absolute atomic E-state index is 0.201. The summed E-state index contributed by atoms with van der Waals surface area (Å²) in [6.45, 7) is 0.378. The molecule has 0 unspecified atom stereocenters. The number of anilines is 1. The monoisotopic (exact) mass is 301 g/mol. The van der Waals surface area contributed by atoms with Crippen molar-refractivity contribution in [2.45, 2.75) is 6.61 Å². The van der Waals surface area contributed by atoms with Crippen molar-refractivity contribution in [2.24, 2.45) is 0 Å². The van der Waals surface area contributed by atoms with Crippen LogP contribution in [-0.2, 0) is 11.3 Å². The van der Waals surface area contributed by atoms with Crippen LogP contribution in [0, 0.1) is 0 Å². The van der Waals surface area contributed by atoms with Gasteiger partial charge in [0.1, 0.15) is 11.5 Å². The van der Waals surface area contributed by atoms with E-state index in [0.29, 0.717) is 29.4 Å². The molecule has 0 aliphatic heterocycles. The Hall–Kier alpha value is -2.53. The van der Waals surface area contributed by atoms with E-state index in [9.17, 15) is 4.79 Å². The first-order valence-corrected chi connectivity index (χ1v) is 6.79. The topological polar surface area (TPSA) is 56.8 Å². The quantitative estimate of drug-likeness (QED) is 0.890. The SMILES string of the molecule is COCc1cc(C(=O)Nc2cccc(OC)c2)ccc1OC. The summed E-state index contributed by atoms with van der Waals surface area (Å²) in [5.74, 6) is 1.18. The predicted molar refractivity (Wildman–Crippen MR) is 84.7 cm³/mol. The van der Waals surface area contributed by atoms with Crippen molar-refractivity contribution >= 4 is 11.6 Å². The molecule has 1 N–H and O–H groups in total. The minimum Gasteiger partial charge on any atom is -0.497 e. The summed E-state index contributed by atoms with van der Waals surface area (Å²) in [5, 5.41) is 2.84. The van der Waals surface area contributed by atoms with Crippen molar-refractivity contribution in [1.82, 2.24) is 0 Å². The lowest BCUT2D eigenvalue weighted by atomic mass is 10.1. The highest BCUT2D eigenvalue weighted by Gasteiger charge is 2.11. The van der Waals surface area contributed by atoms with Gasteiger partial charge in [-0.25, -0.2) is 0 Å². The first-order valence-electron chi connectivity index (χ1n) is 6.79. The molecule has 0 atom stereocenters. The highest BCUT2D eigenvalue weighted by atomic mass is 16.5. The van der Waals surface area contributed by atoms with E-state index in [2.05, 4.69) is 5.32 Å². The molecular formula is C17H19NO4. The standard InChI is InChI=1S/C17H19NO4/c1-20-11-13-9-12(7-8-16(13)22-3)17(19)18-14-5-4-6-15(10-14)21-2/h4-10H,11H2,1-3H3,(H,18,19). The van der Waals surface area contributed by atoms with Crippen LogP contribution in [-0.4, -0.2) is 27.2 Å². The lowest BCUT2D eigenvalue weighted by Gasteiger charge is -2.11. The Morgan fingerprint density at radius 1 is 1.05 bits per heavy atom. The first kappa shape index (κ1) is 15.9. The summed E-state index contributed by atoms with van der Waals surface area (Å²) in [4.78, 5) is 12.3. The van der Waals surface area contributed by atoms with E-state index < -0.39 is 0 Å². The Labute approximate surface area is 129 Å². The predicted octanol–water partition coefficient (Wildman–Crippen LogP) is 3.10. The molecule has 22 heavy (non-hydrogen) atoms. The second kappa shape index (κ2) is 7.47. The fourth-order valence-corrected chi connectivity index (χ4v) is 2.09. The highest BCUT2D eigenvalue weighted by Crippen LogP contribution is 2.22. The van der Waals surface area contributed by atoms with E-state index in [-0.39, 0.29) is 5.91 Å². The Morgan fingerprint density at radius 3 is 2.55 bits per heavy atom. The molecule has 0 aliphatic carbocycles. The first-order chi connectivity index (χ1) is 10.7. The molecule has 0 radical (unpaired) electrons. The van der Waals surface area contributed by atoms with Crippen LogP contribution in [0.25, 0.3) is 0 Å². The van der Waals surface area contributed by atoms with Crippen LogP contribution in [0.3, 0.4) is 0 Å². The average molecular weight is 301 g/mol. The Kier molecular flexibility index (Phi) is 5.38. The number of hydrogen-bond donors (Lipinski definition) is 1. The molecule has 0 aliphatic rings. The van der Waals surface area contributed by atoms with Gasteiger partial charge in [-0.2, -0.15) is 0 Å². The largest absolute Gasteiger partial charge is 0.497 e. The van der Waals surface area contributed by atoms with Crippen LogP contribution in [0.5, 0.6) is 11.5 Å². The lowest BCUT2D eigenvalue weighted by molar-refractivity contribution is 0.102. The zero-order valence-corrected chi connectivity index (χ0v) is 12.9. The molecule has 5 nitrogen and oxygen atoms in total. The minimum atomic E-state index is -0.201. The number of nitrogens with one attached hydrogen (secondary N) is 1. The third-order valence-electron chi connectivity index (χ3n) is 3.17. The number of rotatable bonds is 6. The lowest BCUT2D eigenvalue weighted by Crippen LogP contribution is -2.12. The molecule has 0 fully saturated rings. The van der Waals surface area contributed by atoms with E-state index in [0.717, 1.165) is 5.56 Å². The molecule has 0 aromatic heterocycles.